The van der Waals surface area contributed by atoms with Crippen LogP contribution in [0.15, 0.2) is 10.9 Å². The molecule has 2 heterocycles. The molecule has 0 aromatic carbocycles. The molecule has 1 saturated heterocycles. The second kappa shape index (κ2) is 6.60. The van der Waals surface area contributed by atoms with Gasteiger partial charge in [-0.3, -0.25) is 4.79 Å². The fourth-order valence-electron chi connectivity index (χ4n) is 2.68. The van der Waals surface area contributed by atoms with E-state index in [0.717, 1.165) is 13.0 Å². The maximum atomic E-state index is 12.3. The highest BCUT2D eigenvalue weighted by atomic mass is 16.2. The Balaban J connectivity index is 2.06. The van der Waals surface area contributed by atoms with Gasteiger partial charge in [0.1, 0.15) is 5.69 Å². The molecular formula is C16H26N4O2. The Morgan fingerprint density at radius 1 is 1.45 bits per heavy atom. The van der Waals surface area contributed by atoms with E-state index >= 15 is 0 Å². The third-order valence-corrected chi connectivity index (χ3v) is 4.21. The van der Waals surface area contributed by atoms with Gasteiger partial charge in [-0.15, -0.1) is 0 Å². The van der Waals surface area contributed by atoms with E-state index in [-0.39, 0.29) is 17.0 Å². The number of aromatic nitrogens is 2. The van der Waals surface area contributed by atoms with Gasteiger partial charge in [0, 0.05) is 23.7 Å². The molecule has 0 saturated carbocycles. The molecule has 1 aliphatic rings. The van der Waals surface area contributed by atoms with Crippen molar-refractivity contribution in [2.75, 3.05) is 20.1 Å². The lowest BCUT2D eigenvalue weighted by Gasteiger charge is -2.32. The molecule has 6 nitrogen and oxygen atoms in total. The Morgan fingerprint density at radius 3 is 2.82 bits per heavy atom. The first-order chi connectivity index (χ1) is 10.3. The van der Waals surface area contributed by atoms with Crippen LogP contribution in [0.1, 0.15) is 56.2 Å². The SMILES string of the molecule is CN1CCCCC1CNC(=O)c1cc(C(C)(C)C)[nH]c(=O)n1. The van der Waals surface area contributed by atoms with E-state index in [9.17, 15) is 9.59 Å². The second-order valence-electron chi connectivity index (χ2n) is 7.08. The summed E-state index contributed by atoms with van der Waals surface area (Å²) < 4.78 is 0. The summed E-state index contributed by atoms with van der Waals surface area (Å²) in [6.45, 7) is 7.61. The number of likely N-dealkylation sites (N-methyl/N-ethyl adjacent to an activating group) is 1. The molecule has 1 unspecified atom stereocenters. The highest BCUT2D eigenvalue weighted by Gasteiger charge is 2.21. The minimum Gasteiger partial charge on any atom is -0.349 e. The number of rotatable bonds is 3. The largest absolute Gasteiger partial charge is 0.349 e. The zero-order valence-electron chi connectivity index (χ0n) is 13.9. The van der Waals surface area contributed by atoms with Gasteiger partial charge in [-0.25, -0.2) is 4.79 Å². The first kappa shape index (κ1) is 16.7. The topological polar surface area (TPSA) is 78.1 Å². The number of nitrogens with zero attached hydrogens (tertiary/aromatic N) is 2. The summed E-state index contributed by atoms with van der Waals surface area (Å²) in [5.74, 6) is -0.282. The highest BCUT2D eigenvalue weighted by Crippen LogP contribution is 2.19. The van der Waals surface area contributed by atoms with E-state index in [4.69, 9.17) is 0 Å². The van der Waals surface area contributed by atoms with Crippen LogP contribution in [0.3, 0.4) is 0 Å². The minimum atomic E-state index is -0.479. The normalized spacial score (nSPS) is 19.9. The first-order valence-electron chi connectivity index (χ1n) is 7.87. The van der Waals surface area contributed by atoms with Crippen molar-refractivity contribution in [3.8, 4) is 0 Å². The van der Waals surface area contributed by atoms with E-state index in [1.54, 1.807) is 6.07 Å². The molecule has 0 bridgehead atoms. The van der Waals surface area contributed by atoms with Gasteiger partial charge in [-0.1, -0.05) is 27.2 Å². The van der Waals surface area contributed by atoms with E-state index in [2.05, 4.69) is 27.2 Å². The Morgan fingerprint density at radius 2 is 2.18 bits per heavy atom. The number of nitrogens with one attached hydrogen (secondary N) is 2. The molecule has 1 aromatic heterocycles. The molecule has 0 spiro atoms. The van der Waals surface area contributed by atoms with Crippen LogP contribution in [0.2, 0.25) is 0 Å². The number of amides is 1. The molecule has 2 N–H and O–H groups in total. The molecule has 2 rings (SSSR count). The average molecular weight is 306 g/mol. The van der Waals surface area contributed by atoms with Gasteiger partial charge < -0.3 is 15.2 Å². The van der Waals surface area contributed by atoms with Crippen molar-refractivity contribution in [3.63, 3.8) is 0 Å². The van der Waals surface area contributed by atoms with Gasteiger partial charge in [0.05, 0.1) is 0 Å². The van der Waals surface area contributed by atoms with Crippen molar-refractivity contribution < 1.29 is 4.79 Å². The lowest BCUT2D eigenvalue weighted by molar-refractivity contribution is 0.0923. The summed E-state index contributed by atoms with van der Waals surface area (Å²) in [4.78, 5) is 32.7. The quantitative estimate of drug-likeness (QED) is 0.882. The highest BCUT2D eigenvalue weighted by molar-refractivity contribution is 5.92. The van der Waals surface area contributed by atoms with Crippen molar-refractivity contribution in [2.45, 2.75) is 51.5 Å². The van der Waals surface area contributed by atoms with E-state index in [1.165, 1.54) is 12.8 Å². The van der Waals surface area contributed by atoms with Gasteiger partial charge in [-0.2, -0.15) is 4.98 Å². The number of aromatic amines is 1. The number of carbonyl (C=O) groups excluding carboxylic acids is 1. The number of H-pyrrole nitrogens is 1. The maximum Gasteiger partial charge on any atom is 0.345 e. The Bertz CT molecular complexity index is 589. The molecule has 1 aliphatic heterocycles. The third-order valence-electron chi connectivity index (χ3n) is 4.21. The summed E-state index contributed by atoms with van der Waals surface area (Å²) in [7, 11) is 2.08. The fourth-order valence-corrected chi connectivity index (χ4v) is 2.68. The van der Waals surface area contributed by atoms with Crippen molar-refractivity contribution >= 4 is 5.91 Å². The Hall–Kier alpha value is -1.69. The summed E-state index contributed by atoms with van der Waals surface area (Å²) >= 11 is 0. The number of hydrogen-bond acceptors (Lipinski definition) is 4. The van der Waals surface area contributed by atoms with Crippen LogP contribution in [0.5, 0.6) is 0 Å². The van der Waals surface area contributed by atoms with Crippen LogP contribution in [0.25, 0.3) is 0 Å². The van der Waals surface area contributed by atoms with Gasteiger partial charge in [-0.05, 0) is 32.5 Å². The van der Waals surface area contributed by atoms with Crippen LogP contribution in [-0.4, -0.2) is 47.0 Å². The zero-order valence-corrected chi connectivity index (χ0v) is 13.9. The molecule has 1 aromatic rings. The Labute approximate surface area is 131 Å². The number of hydrogen-bond donors (Lipinski definition) is 2. The molecular weight excluding hydrogens is 280 g/mol. The van der Waals surface area contributed by atoms with Crippen LogP contribution < -0.4 is 11.0 Å². The fraction of sp³-hybridized carbons (Fsp3) is 0.688. The van der Waals surface area contributed by atoms with Crippen molar-refractivity contribution in [1.29, 1.82) is 0 Å². The maximum absolute atomic E-state index is 12.3. The van der Waals surface area contributed by atoms with Crippen molar-refractivity contribution in [3.05, 3.63) is 27.9 Å². The molecule has 1 fully saturated rings. The van der Waals surface area contributed by atoms with Gasteiger partial charge in [0.2, 0.25) is 0 Å². The van der Waals surface area contributed by atoms with E-state index < -0.39 is 5.69 Å². The van der Waals surface area contributed by atoms with Crippen molar-refractivity contribution in [2.24, 2.45) is 0 Å². The first-order valence-corrected chi connectivity index (χ1v) is 7.87. The summed E-state index contributed by atoms with van der Waals surface area (Å²) in [6.07, 6.45) is 3.50. The molecule has 1 atom stereocenters. The van der Waals surface area contributed by atoms with Crippen LogP contribution in [0.4, 0.5) is 0 Å². The zero-order chi connectivity index (χ0) is 16.3. The number of likely N-dealkylation sites (tertiary alicyclic amines) is 1. The molecule has 0 aliphatic carbocycles. The van der Waals surface area contributed by atoms with E-state index in [0.29, 0.717) is 18.3 Å². The third kappa shape index (κ3) is 4.16. The molecule has 122 valence electrons. The molecule has 1 amide bonds. The molecule has 22 heavy (non-hydrogen) atoms. The molecule has 6 heteroatoms. The summed E-state index contributed by atoms with van der Waals surface area (Å²) in [5.41, 5.74) is 0.188. The smallest absolute Gasteiger partial charge is 0.345 e. The minimum absolute atomic E-state index is 0.187. The van der Waals surface area contributed by atoms with Gasteiger partial charge in [0.25, 0.3) is 5.91 Å². The van der Waals surface area contributed by atoms with E-state index in [1.807, 2.05) is 20.8 Å². The predicted molar refractivity (Wildman–Crippen MR) is 86.2 cm³/mol. The lowest BCUT2D eigenvalue weighted by Crippen LogP contribution is -2.44. The molecule has 0 radical (unpaired) electrons. The standard InChI is InChI=1S/C16H26N4O2/c1-16(2,3)13-9-12(18-15(22)19-13)14(21)17-10-11-7-5-6-8-20(11)4/h9,11H,5-8,10H2,1-4H3,(H,17,21)(H,18,19,22). The van der Waals surface area contributed by atoms with Crippen LogP contribution in [0, 0.1) is 0 Å². The lowest BCUT2D eigenvalue weighted by atomic mass is 9.91. The summed E-state index contributed by atoms with van der Waals surface area (Å²) in [6, 6.07) is 2.03. The van der Waals surface area contributed by atoms with Gasteiger partial charge in [0.15, 0.2) is 0 Å². The second-order valence-corrected chi connectivity index (χ2v) is 7.08. The average Bonchev–Trinajstić information content (AvgIpc) is 2.44. The monoisotopic (exact) mass is 306 g/mol. The summed E-state index contributed by atoms with van der Waals surface area (Å²) in [5, 5.41) is 2.91. The van der Waals surface area contributed by atoms with Crippen molar-refractivity contribution in [1.82, 2.24) is 20.2 Å². The van der Waals surface area contributed by atoms with Crippen LogP contribution >= 0.6 is 0 Å². The Kier molecular flexibility index (Phi) is 5.01. The number of carbonyl (C=O) groups is 1. The van der Waals surface area contributed by atoms with Gasteiger partial charge >= 0.3 is 5.69 Å². The predicted octanol–water partition coefficient (Wildman–Crippen LogP) is 1.28. The number of piperidine rings is 1. The van der Waals surface area contributed by atoms with Crippen LogP contribution in [-0.2, 0) is 5.41 Å².